The van der Waals surface area contributed by atoms with Crippen LogP contribution in [-0.2, 0) is 16.7 Å². The van der Waals surface area contributed by atoms with Gasteiger partial charge in [-0.3, -0.25) is 4.79 Å². The predicted molar refractivity (Wildman–Crippen MR) is 123 cm³/mol. The number of rotatable bonds is 9. The highest BCUT2D eigenvalue weighted by atomic mass is 32.2. The maximum Gasteiger partial charge on any atom is 0.339 e. The molecule has 0 radical (unpaired) electrons. The Morgan fingerprint density at radius 1 is 1.03 bits per heavy atom. The summed E-state index contributed by atoms with van der Waals surface area (Å²) in [6.45, 7) is 3.92. The summed E-state index contributed by atoms with van der Waals surface area (Å²) in [7, 11) is -2.62. The molecule has 33 heavy (non-hydrogen) atoms. The smallest absolute Gasteiger partial charge is 0.339 e. The minimum Gasteiger partial charge on any atom is -0.497 e. The third-order valence-electron chi connectivity index (χ3n) is 5.32. The standard InChI is InChI=1S/C25H26FNO5S/c1-4-18(2)27(25(28)19-9-7-10-21(26)16-19)17-20-8-5-6-11-24(20)32-33(29,30)23-14-12-22(31-3)13-15-23/h5-16,18H,4,17H2,1-3H3. The number of halogens is 1. The first-order chi connectivity index (χ1) is 15.7. The lowest BCUT2D eigenvalue weighted by atomic mass is 10.1. The molecule has 0 N–H and O–H groups in total. The van der Waals surface area contributed by atoms with Crippen molar-refractivity contribution in [3.63, 3.8) is 0 Å². The number of carbonyl (C=O) groups excluding carboxylic acids is 1. The fourth-order valence-electron chi connectivity index (χ4n) is 3.24. The summed E-state index contributed by atoms with van der Waals surface area (Å²) >= 11 is 0. The van der Waals surface area contributed by atoms with Crippen LogP contribution in [0.15, 0.2) is 77.7 Å². The number of carbonyl (C=O) groups is 1. The molecule has 1 atom stereocenters. The van der Waals surface area contributed by atoms with Crippen molar-refractivity contribution in [2.45, 2.75) is 37.8 Å². The maximum absolute atomic E-state index is 13.7. The van der Waals surface area contributed by atoms with E-state index in [0.717, 1.165) is 0 Å². The minimum atomic E-state index is -4.11. The molecule has 8 heteroatoms. The summed E-state index contributed by atoms with van der Waals surface area (Å²) in [6, 6.07) is 17.8. The number of para-hydroxylation sites is 1. The Morgan fingerprint density at radius 3 is 2.36 bits per heavy atom. The van der Waals surface area contributed by atoms with E-state index < -0.39 is 15.9 Å². The summed E-state index contributed by atoms with van der Waals surface area (Å²) in [6.07, 6.45) is 0.661. The van der Waals surface area contributed by atoms with Crippen LogP contribution in [0.5, 0.6) is 11.5 Å². The van der Waals surface area contributed by atoms with Gasteiger partial charge in [-0.15, -0.1) is 0 Å². The van der Waals surface area contributed by atoms with Crippen LogP contribution in [0, 0.1) is 5.82 Å². The summed E-state index contributed by atoms with van der Waals surface area (Å²) in [5, 5.41) is 0. The summed E-state index contributed by atoms with van der Waals surface area (Å²) in [5.41, 5.74) is 0.735. The molecule has 0 fully saturated rings. The van der Waals surface area contributed by atoms with Crippen LogP contribution in [0.25, 0.3) is 0 Å². The zero-order valence-electron chi connectivity index (χ0n) is 18.7. The molecule has 0 spiro atoms. The average molecular weight is 472 g/mol. The molecule has 0 aromatic heterocycles. The van der Waals surface area contributed by atoms with E-state index in [0.29, 0.717) is 17.7 Å². The lowest BCUT2D eigenvalue weighted by molar-refractivity contribution is 0.0670. The highest BCUT2D eigenvalue weighted by molar-refractivity contribution is 7.87. The SMILES string of the molecule is CCC(C)N(Cc1ccccc1OS(=O)(=O)c1ccc(OC)cc1)C(=O)c1cccc(F)c1. The normalized spacial score (nSPS) is 12.1. The highest BCUT2D eigenvalue weighted by Gasteiger charge is 2.24. The lowest BCUT2D eigenvalue weighted by Crippen LogP contribution is -2.38. The molecular weight excluding hydrogens is 445 g/mol. The molecule has 0 aliphatic rings. The largest absolute Gasteiger partial charge is 0.497 e. The summed E-state index contributed by atoms with van der Waals surface area (Å²) in [4.78, 5) is 14.7. The zero-order chi connectivity index (χ0) is 24.0. The number of nitrogens with zero attached hydrogens (tertiary/aromatic N) is 1. The van der Waals surface area contributed by atoms with Gasteiger partial charge in [0.05, 0.1) is 7.11 Å². The van der Waals surface area contributed by atoms with E-state index >= 15 is 0 Å². The molecule has 3 aromatic rings. The second-order valence-corrected chi connectivity index (χ2v) is 9.07. The van der Waals surface area contributed by atoms with Crippen LogP contribution in [-0.4, -0.2) is 32.4 Å². The summed E-state index contributed by atoms with van der Waals surface area (Å²) in [5.74, 6) is -0.209. The Labute approximate surface area is 193 Å². The van der Waals surface area contributed by atoms with E-state index in [1.54, 1.807) is 29.2 Å². The molecule has 0 heterocycles. The van der Waals surface area contributed by atoms with Gasteiger partial charge in [0.2, 0.25) is 0 Å². The molecule has 174 valence electrons. The van der Waals surface area contributed by atoms with Gasteiger partial charge >= 0.3 is 10.1 Å². The van der Waals surface area contributed by atoms with Crippen molar-refractivity contribution < 1.29 is 26.5 Å². The van der Waals surface area contributed by atoms with E-state index in [2.05, 4.69) is 0 Å². The lowest BCUT2D eigenvalue weighted by Gasteiger charge is -2.29. The van der Waals surface area contributed by atoms with Crippen molar-refractivity contribution >= 4 is 16.0 Å². The number of benzene rings is 3. The zero-order valence-corrected chi connectivity index (χ0v) is 19.5. The van der Waals surface area contributed by atoms with Gasteiger partial charge in [-0.1, -0.05) is 31.2 Å². The molecular formula is C25H26FNO5S. The van der Waals surface area contributed by atoms with Gasteiger partial charge in [-0.05, 0) is 61.9 Å². The first-order valence-corrected chi connectivity index (χ1v) is 11.9. The van der Waals surface area contributed by atoms with Crippen molar-refractivity contribution in [2.24, 2.45) is 0 Å². The molecule has 1 amide bonds. The van der Waals surface area contributed by atoms with E-state index in [-0.39, 0.29) is 34.7 Å². The van der Waals surface area contributed by atoms with Crippen LogP contribution in [0.3, 0.4) is 0 Å². The second-order valence-electron chi connectivity index (χ2n) is 7.52. The fourth-order valence-corrected chi connectivity index (χ4v) is 4.21. The number of amides is 1. The van der Waals surface area contributed by atoms with Crippen LogP contribution < -0.4 is 8.92 Å². The van der Waals surface area contributed by atoms with Gasteiger partial charge in [0, 0.05) is 23.7 Å². The third-order valence-corrected chi connectivity index (χ3v) is 6.56. The number of hydrogen-bond acceptors (Lipinski definition) is 5. The average Bonchev–Trinajstić information content (AvgIpc) is 2.82. The van der Waals surface area contributed by atoms with E-state index in [1.807, 2.05) is 13.8 Å². The maximum atomic E-state index is 13.7. The molecule has 1 unspecified atom stereocenters. The van der Waals surface area contributed by atoms with E-state index in [9.17, 15) is 17.6 Å². The topological polar surface area (TPSA) is 72.9 Å². The van der Waals surface area contributed by atoms with E-state index in [1.165, 1.54) is 55.6 Å². The Hall–Kier alpha value is -3.39. The Morgan fingerprint density at radius 2 is 1.73 bits per heavy atom. The van der Waals surface area contributed by atoms with E-state index in [4.69, 9.17) is 8.92 Å². The van der Waals surface area contributed by atoms with Gasteiger partial charge in [-0.2, -0.15) is 8.42 Å². The van der Waals surface area contributed by atoms with Crippen LogP contribution in [0.1, 0.15) is 36.2 Å². The molecule has 0 bridgehead atoms. The molecule has 3 rings (SSSR count). The highest BCUT2D eigenvalue weighted by Crippen LogP contribution is 2.27. The minimum absolute atomic E-state index is 0.0206. The third kappa shape index (κ3) is 5.90. The van der Waals surface area contributed by atoms with Crippen LogP contribution in [0.2, 0.25) is 0 Å². The fraction of sp³-hybridized carbons (Fsp3) is 0.240. The quantitative estimate of drug-likeness (QED) is 0.409. The van der Waals surface area contributed by atoms with Crippen LogP contribution >= 0.6 is 0 Å². The number of hydrogen-bond donors (Lipinski definition) is 0. The molecule has 3 aromatic carbocycles. The molecule has 0 aliphatic heterocycles. The van der Waals surface area contributed by atoms with Gasteiger partial charge in [0.15, 0.2) is 0 Å². The second kappa shape index (κ2) is 10.5. The van der Waals surface area contributed by atoms with Gasteiger partial charge in [0.25, 0.3) is 5.91 Å². The number of methoxy groups -OCH3 is 1. The molecule has 0 saturated carbocycles. The van der Waals surface area contributed by atoms with Crippen LogP contribution in [0.4, 0.5) is 4.39 Å². The van der Waals surface area contributed by atoms with Crippen molar-refractivity contribution in [3.8, 4) is 11.5 Å². The predicted octanol–water partition coefficient (Wildman–Crippen LogP) is 5.04. The van der Waals surface area contributed by atoms with Crippen molar-refractivity contribution in [1.82, 2.24) is 4.90 Å². The molecule has 6 nitrogen and oxygen atoms in total. The number of ether oxygens (including phenoxy) is 1. The first kappa shape index (κ1) is 24.3. The first-order valence-electron chi connectivity index (χ1n) is 10.5. The molecule has 0 saturated heterocycles. The van der Waals surface area contributed by atoms with Gasteiger partial charge < -0.3 is 13.8 Å². The molecule has 0 aliphatic carbocycles. The monoisotopic (exact) mass is 471 g/mol. The van der Waals surface area contributed by atoms with Gasteiger partial charge in [-0.25, -0.2) is 4.39 Å². The Balaban J connectivity index is 1.90. The van der Waals surface area contributed by atoms with Crippen molar-refractivity contribution in [3.05, 3.63) is 89.7 Å². The Kier molecular flexibility index (Phi) is 7.71. The Bertz CT molecular complexity index is 1210. The van der Waals surface area contributed by atoms with Crippen molar-refractivity contribution in [2.75, 3.05) is 7.11 Å². The van der Waals surface area contributed by atoms with Gasteiger partial charge in [0.1, 0.15) is 22.2 Å². The van der Waals surface area contributed by atoms with Crippen molar-refractivity contribution in [1.29, 1.82) is 0 Å². The summed E-state index contributed by atoms with van der Waals surface area (Å²) < 4.78 is 49.9.